The van der Waals surface area contributed by atoms with Gasteiger partial charge in [0.1, 0.15) is 5.76 Å². The number of furan rings is 1. The van der Waals surface area contributed by atoms with Gasteiger partial charge in [-0.15, -0.1) is 0 Å². The molecule has 0 saturated heterocycles. The number of hydrogen-bond acceptors (Lipinski definition) is 2. The summed E-state index contributed by atoms with van der Waals surface area (Å²) in [7, 11) is 1.80. The molecule has 3 rings (SSSR count). The summed E-state index contributed by atoms with van der Waals surface area (Å²) in [6.45, 7) is 0.548. The van der Waals surface area contributed by atoms with Gasteiger partial charge >= 0.3 is 0 Å². The summed E-state index contributed by atoms with van der Waals surface area (Å²) in [5.41, 5.74) is 3.42. The van der Waals surface area contributed by atoms with Crippen molar-refractivity contribution in [3.8, 4) is 11.1 Å². The molecule has 0 fully saturated rings. The van der Waals surface area contributed by atoms with Crippen LogP contribution >= 0.6 is 0 Å². The molecule has 1 heterocycles. The summed E-state index contributed by atoms with van der Waals surface area (Å²) in [5.74, 6) is 0.607. The predicted molar refractivity (Wildman–Crippen MR) is 96.1 cm³/mol. The van der Waals surface area contributed by atoms with Crippen LogP contribution in [0.3, 0.4) is 0 Å². The summed E-state index contributed by atoms with van der Waals surface area (Å²) in [4.78, 5) is 14.0. The van der Waals surface area contributed by atoms with Gasteiger partial charge in [0, 0.05) is 19.7 Å². The minimum atomic E-state index is -0.0609. The zero-order valence-corrected chi connectivity index (χ0v) is 13.6. The molecule has 0 N–H and O–H groups in total. The van der Waals surface area contributed by atoms with E-state index in [4.69, 9.17) is 4.42 Å². The summed E-state index contributed by atoms with van der Waals surface area (Å²) in [6, 6.07) is 22.0. The van der Waals surface area contributed by atoms with E-state index >= 15 is 0 Å². The standard InChI is InChI=1S/C21H19NO2/c1-22(21(23)14-13-19-11-7-15-24-19)16-18-10-5-6-12-20(18)17-8-3-2-4-9-17/h2-15H,16H2,1H3/b14-13+. The molecule has 0 spiro atoms. The molecule has 1 aromatic heterocycles. The van der Waals surface area contributed by atoms with Gasteiger partial charge in [0.2, 0.25) is 5.91 Å². The van der Waals surface area contributed by atoms with E-state index in [0.29, 0.717) is 12.3 Å². The molecule has 0 unspecified atom stereocenters. The van der Waals surface area contributed by atoms with Crippen LogP contribution in [0.25, 0.3) is 17.2 Å². The maximum atomic E-state index is 12.3. The quantitative estimate of drug-likeness (QED) is 0.643. The number of carbonyl (C=O) groups is 1. The second kappa shape index (κ2) is 7.47. The normalized spacial score (nSPS) is 10.9. The molecule has 0 atom stereocenters. The second-order valence-electron chi connectivity index (χ2n) is 5.57. The van der Waals surface area contributed by atoms with Crippen molar-refractivity contribution < 1.29 is 9.21 Å². The van der Waals surface area contributed by atoms with Crippen molar-refractivity contribution in [2.24, 2.45) is 0 Å². The average Bonchev–Trinajstić information content (AvgIpc) is 3.14. The van der Waals surface area contributed by atoms with Gasteiger partial charge in [0.15, 0.2) is 0 Å². The Morgan fingerprint density at radius 1 is 1.00 bits per heavy atom. The van der Waals surface area contributed by atoms with Crippen LogP contribution in [0, 0.1) is 0 Å². The molecule has 0 aliphatic heterocycles. The third-order valence-corrected chi connectivity index (χ3v) is 3.82. The fourth-order valence-electron chi connectivity index (χ4n) is 2.56. The van der Waals surface area contributed by atoms with Crippen molar-refractivity contribution in [1.82, 2.24) is 4.90 Å². The van der Waals surface area contributed by atoms with E-state index in [1.54, 1.807) is 30.4 Å². The van der Waals surface area contributed by atoms with E-state index in [0.717, 1.165) is 16.7 Å². The molecular formula is C21H19NO2. The fraction of sp³-hybridized carbons (Fsp3) is 0.0952. The highest BCUT2D eigenvalue weighted by molar-refractivity contribution is 5.91. The van der Waals surface area contributed by atoms with Crippen LogP contribution in [0.5, 0.6) is 0 Å². The smallest absolute Gasteiger partial charge is 0.246 e. The third-order valence-electron chi connectivity index (χ3n) is 3.82. The molecule has 0 saturated carbocycles. The lowest BCUT2D eigenvalue weighted by Crippen LogP contribution is -2.24. The van der Waals surface area contributed by atoms with E-state index in [1.165, 1.54) is 6.08 Å². The largest absolute Gasteiger partial charge is 0.465 e. The molecular weight excluding hydrogens is 298 g/mol. The molecule has 3 heteroatoms. The van der Waals surface area contributed by atoms with Crippen molar-refractivity contribution in [1.29, 1.82) is 0 Å². The number of amides is 1. The first-order valence-corrected chi connectivity index (χ1v) is 7.84. The highest BCUT2D eigenvalue weighted by Crippen LogP contribution is 2.24. The molecule has 0 bridgehead atoms. The Balaban J connectivity index is 1.75. The van der Waals surface area contributed by atoms with Crippen LogP contribution in [-0.4, -0.2) is 17.9 Å². The van der Waals surface area contributed by atoms with Gasteiger partial charge in [0.25, 0.3) is 0 Å². The zero-order chi connectivity index (χ0) is 16.8. The predicted octanol–water partition coefficient (Wildman–Crippen LogP) is 4.62. The molecule has 2 aromatic carbocycles. The number of rotatable bonds is 5. The summed E-state index contributed by atoms with van der Waals surface area (Å²) < 4.78 is 5.20. The Hall–Kier alpha value is -3.07. The third kappa shape index (κ3) is 3.82. The van der Waals surface area contributed by atoms with Crippen LogP contribution in [0.2, 0.25) is 0 Å². The van der Waals surface area contributed by atoms with Gasteiger partial charge < -0.3 is 9.32 Å². The minimum Gasteiger partial charge on any atom is -0.465 e. The van der Waals surface area contributed by atoms with Crippen LogP contribution in [0.1, 0.15) is 11.3 Å². The number of benzene rings is 2. The Labute approximate surface area is 141 Å². The monoisotopic (exact) mass is 317 g/mol. The second-order valence-corrected chi connectivity index (χ2v) is 5.57. The van der Waals surface area contributed by atoms with Gasteiger partial charge in [-0.25, -0.2) is 0 Å². The van der Waals surface area contributed by atoms with Crippen LogP contribution in [0.15, 0.2) is 83.5 Å². The van der Waals surface area contributed by atoms with Crippen LogP contribution < -0.4 is 0 Å². The zero-order valence-electron chi connectivity index (χ0n) is 13.6. The van der Waals surface area contributed by atoms with Crippen LogP contribution in [0.4, 0.5) is 0 Å². The molecule has 3 aromatic rings. The van der Waals surface area contributed by atoms with Gasteiger partial charge in [0.05, 0.1) is 6.26 Å². The molecule has 0 aliphatic rings. The molecule has 1 amide bonds. The lowest BCUT2D eigenvalue weighted by molar-refractivity contribution is -0.125. The van der Waals surface area contributed by atoms with Gasteiger partial charge in [-0.2, -0.15) is 0 Å². The maximum absolute atomic E-state index is 12.3. The Morgan fingerprint density at radius 3 is 2.50 bits per heavy atom. The molecule has 24 heavy (non-hydrogen) atoms. The Bertz CT molecular complexity index is 820. The van der Waals surface area contributed by atoms with Gasteiger partial charge in [-0.1, -0.05) is 54.6 Å². The van der Waals surface area contributed by atoms with Crippen molar-refractivity contribution in [3.05, 3.63) is 90.4 Å². The lowest BCUT2D eigenvalue weighted by Gasteiger charge is -2.18. The first kappa shape index (κ1) is 15.8. The first-order chi connectivity index (χ1) is 11.7. The average molecular weight is 317 g/mol. The van der Waals surface area contributed by atoms with Crippen molar-refractivity contribution in [2.45, 2.75) is 6.54 Å². The number of nitrogens with zero attached hydrogens (tertiary/aromatic N) is 1. The number of carbonyl (C=O) groups excluding carboxylic acids is 1. The SMILES string of the molecule is CN(Cc1ccccc1-c1ccccc1)C(=O)/C=C/c1ccco1. The van der Waals surface area contributed by atoms with Crippen molar-refractivity contribution in [2.75, 3.05) is 7.05 Å². The summed E-state index contributed by atoms with van der Waals surface area (Å²) in [5, 5.41) is 0. The maximum Gasteiger partial charge on any atom is 0.246 e. The topological polar surface area (TPSA) is 33.5 Å². The number of likely N-dealkylation sites (N-methyl/N-ethyl adjacent to an activating group) is 1. The number of hydrogen-bond donors (Lipinski definition) is 0. The van der Waals surface area contributed by atoms with Gasteiger partial charge in [-0.3, -0.25) is 4.79 Å². The Morgan fingerprint density at radius 2 is 1.75 bits per heavy atom. The first-order valence-electron chi connectivity index (χ1n) is 7.84. The van der Waals surface area contributed by atoms with E-state index in [1.807, 2.05) is 36.4 Å². The highest BCUT2D eigenvalue weighted by atomic mass is 16.3. The highest BCUT2D eigenvalue weighted by Gasteiger charge is 2.10. The molecule has 0 radical (unpaired) electrons. The van der Waals surface area contributed by atoms with E-state index < -0.39 is 0 Å². The summed E-state index contributed by atoms with van der Waals surface area (Å²) in [6.07, 6.45) is 4.80. The molecule has 120 valence electrons. The minimum absolute atomic E-state index is 0.0609. The van der Waals surface area contributed by atoms with E-state index in [9.17, 15) is 4.79 Å². The Kier molecular flexibility index (Phi) is 4.92. The van der Waals surface area contributed by atoms with Crippen molar-refractivity contribution >= 4 is 12.0 Å². The van der Waals surface area contributed by atoms with Gasteiger partial charge in [-0.05, 0) is 34.9 Å². The molecule has 0 aliphatic carbocycles. The van der Waals surface area contributed by atoms with E-state index in [2.05, 4.69) is 24.3 Å². The lowest BCUT2D eigenvalue weighted by atomic mass is 9.99. The van der Waals surface area contributed by atoms with E-state index in [-0.39, 0.29) is 5.91 Å². The molecule has 3 nitrogen and oxygen atoms in total. The van der Waals surface area contributed by atoms with Crippen LogP contribution in [-0.2, 0) is 11.3 Å². The summed E-state index contributed by atoms with van der Waals surface area (Å²) >= 11 is 0. The fourth-order valence-corrected chi connectivity index (χ4v) is 2.56. The van der Waals surface area contributed by atoms with Crippen molar-refractivity contribution in [3.63, 3.8) is 0 Å².